The topological polar surface area (TPSA) is 117 Å². The van der Waals surface area contributed by atoms with Crippen LogP contribution in [0.15, 0.2) is 71.7 Å². The van der Waals surface area contributed by atoms with Crippen LogP contribution in [0.1, 0.15) is 38.6 Å². The minimum Gasteiger partial charge on any atom is -0.451 e. The molecular formula is C25H22FN3O6S. The molecule has 1 aliphatic heterocycles. The summed E-state index contributed by atoms with van der Waals surface area (Å²) in [5.41, 5.74) is -0.943. The largest absolute Gasteiger partial charge is 0.451 e. The summed E-state index contributed by atoms with van der Waals surface area (Å²) in [4.78, 5) is 53.2. The number of carbonyl (C=O) groups excluding carboxylic acids is 3. The molecule has 36 heavy (non-hydrogen) atoms. The van der Waals surface area contributed by atoms with E-state index < -0.39 is 46.6 Å². The molecule has 2 heterocycles. The molecule has 11 heteroatoms. The number of hydrogen-bond donors (Lipinski definition) is 1. The highest BCUT2D eigenvalue weighted by molar-refractivity contribution is 8.00. The lowest BCUT2D eigenvalue weighted by Crippen LogP contribution is -2.37. The van der Waals surface area contributed by atoms with Crippen molar-refractivity contribution in [3.8, 4) is 0 Å². The van der Waals surface area contributed by atoms with Gasteiger partial charge in [0.05, 0.1) is 11.1 Å². The molecule has 4 rings (SSSR count). The smallest absolute Gasteiger partial charge is 0.350 e. The SMILES string of the molecule is CC(=O)Nc1ccn([C@@H]2S[C@@H](OC(=O)c3ccccc3C)[C@@H](OC(=O)c3ccccc3)[C@@H]2F)c(=O)n1. The second kappa shape index (κ2) is 10.7. The number of carbonyl (C=O) groups is 3. The summed E-state index contributed by atoms with van der Waals surface area (Å²) in [6, 6.07) is 16.1. The van der Waals surface area contributed by atoms with Crippen LogP contribution in [0.25, 0.3) is 0 Å². The van der Waals surface area contributed by atoms with Gasteiger partial charge in [-0.25, -0.2) is 18.8 Å². The number of thioether (sulfide) groups is 1. The molecule has 1 aromatic heterocycles. The third kappa shape index (κ3) is 5.46. The maximum Gasteiger partial charge on any atom is 0.350 e. The Bertz CT molecular complexity index is 1350. The lowest BCUT2D eigenvalue weighted by atomic mass is 10.1. The highest BCUT2D eigenvalue weighted by Crippen LogP contribution is 2.45. The molecule has 4 atom stereocenters. The fraction of sp³-hybridized carbons (Fsp3) is 0.240. The molecule has 1 aliphatic rings. The molecule has 0 saturated carbocycles. The van der Waals surface area contributed by atoms with Crippen molar-refractivity contribution in [2.75, 3.05) is 5.32 Å². The molecule has 0 radical (unpaired) electrons. The fourth-order valence-corrected chi connectivity index (χ4v) is 5.00. The summed E-state index contributed by atoms with van der Waals surface area (Å²) in [6.45, 7) is 2.99. The lowest BCUT2D eigenvalue weighted by Gasteiger charge is -2.21. The first-order chi connectivity index (χ1) is 17.2. The molecule has 0 unspecified atom stereocenters. The van der Waals surface area contributed by atoms with Gasteiger partial charge in [-0.1, -0.05) is 48.2 Å². The van der Waals surface area contributed by atoms with Crippen molar-refractivity contribution in [2.45, 2.75) is 36.9 Å². The first-order valence-corrected chi connectivity index (χ1v) is 11.9. The van der Waals surface area contributed by atoms with Gasteiger partial charge in [-0.3, -0.25) is 9.36 Å². The Kier molecular flexibility index (Phi) is 7.49. The molecule has 9 nitrogen and oxygen atoms in total. The molecule has 0 spiro atoms. The van der Waals surface area contributed by atoms with Gasteiger partial charge in [0.2, 0.25) is 5.91 Å². The number of aromatic nitrogens is 2. The Hall–Kier alpha value is -3.99. The Balaban J connectivity index is 1.62. The van der Waals surface area contributed by atoms with Crippen molar-refractivity contribution >= 4 is 35.4 Å². The maximum absolute atomic E-state index is 15.7. The van der Waals surface area contributed by atoms with Crippen LogP contribution in [0.4, 0.5) is 10.2 Å². The Morgan fingerprint density at radius 2 is 1.69 bits per heavy atom. The van der Waals surface area contributed by atoms with Gasteiger partial charge in [-0.05, 0) is 36.8 Å². The third-order valence-electron chi connectivity index (χ3n) is 5.38. The minimum atomic E-state index is -1.91. The fourth-order valence-electron chi connectivity index (χ4n) is 3.63. The molecule has 1 amide bonds. The van der Waals surface area contributed by atoms with Crippen molar-refractivity contribution in [3.63, 3.8) is 0 Å². The lowest BCUT2D eigenvalue weighted by molar-refractivity contribution is -0.114. The van der Waals surface area contributed by atoms with Gasteiger partial charge >= 0.3 is 17.6 Å². The molecule has 3 aromatic rings. The number of aryl methyl sites for hydroxylation is 1. The van der Waals surface area contributed by atoms with Crippen LogP contribution in [0.2, 0.25) is 0 Å². The van der Waals surface area contributed by atoms with Gasteiger partial charge in [0, 0.05) is 13.1 Å². The number of halogens is 1. The second-order valence-electron chi connectivity index (χ2n) is 7.98. The van der Waals surface area contributed by atoms with E-state index in [9.17, 15) is 19.2 Å². The molecule has 2 aromatic carbocycles. The zero-order valence-corrected chi connectivity index (χ0v) is 20.1. The quantitative estimate of drug-likeness (QED) is 0.500. The number of hydrogen-bond acceptors (Lipinski definition) is 8. The van der Waals surface area contributed by atoms with Crippen LogP contribution >= 0.6 is 11.8 Å². The monoisotopic (exact) mass is 511 g/mol. The number of benzene rings is 2. The summed E-state index contributed by atoms with van der Waals surface area (Å²) in [5, 5.41) is 1.17. The molecule has 1 N–H and O–H groups in total. The second-order valence-corrected chi connectivity index (χ2v) is 9.20. The molecule has 186 valence electrons. The van der Waals surface area contributed by atoms with Gasteiger partial charge in [0.25, 0.3) is 0 Å². The normalized spacial score (nSPS) is 21.0. The van der Waals surface area contributed by atoms with Crippen molar-refractivity contribution in [3.05, 3.63) is 94.0 Å². The number of nitrogens with zero attached hydrogens (tertiary/aromatic N) is 2. The van der Waals surface area contributed by atoms with Crippen LogP contribution in [0.3, 0.4) is 0 Å². The van der Waals surface area contributed by atoms with Gasteiger partial charge in [-0.15, -0.1) is 0 Å². The summed E-state index contributed by atoms with van der Waals surface area (Å²) >= 11 is 0.820. The van der Waals surface area contributed by atoms with Crippen LogP contribution in [-0.2, 0) is 14.3 Å². The summed E-state index contributed by atoms with van der Waals surface area (Å²) < 4.78 is 27.8. The van der Waals surface area contributed by atoms with Crippen LogP contribution in [0.5, 0.6) is 0 Å². The Morgan fingerprint density at radius 1 is 1.00 bits per heavy atom. The van der Waals surface area contributed by atoms with Gasteiger partial charge in [0.15, 0.2) is 17.7 Å². The molecule has 0 aliphatic carbocycles. The number of alkyl halides is 1. The van der Waals surface area contributed by atoms with E-state index in [0.717, 1.165) is 16.3 Å². The van der Waals surface area contributed by atoms with E-state index in [1.165, 1.54) is 31.3 Å². The number of amides is 1. The van der Waals surface area contributed by atoms with E-state index in [0.29, 0.717) is 5.56 Å². The number of nitrogens with one attached hydrogen (secondary N) is 1. The van der Waals surface area contributed by atoms with E-state index >= 15 is 4.39 Å². The summed E-state index contributed by atoms with van der Waals surface area (Å²) in [5.74, 6) is -1.93. The summed E-state index contributed by atoms with van der Waals surface area (Å²) in [6.07, 6.45) is -2.14. The first-order valence-electron chi connectivity index (χ1n) is 10.9. The van der Waals surface area contributed by atoms with Crippen LogP contribution in [0, 0.1) is 6.92 Å². The zero-order chi connectivity index (χ0) is 25.8. The maximum atomic E-state index is 15.7. The van der Waals surface area contributed by atoms with E-state index in [4.69, 9.17) is 9.47 Å². The molecular weight excluding hydrogens is 489 g/mol. The van der Waals surface area contributed by atoms with Crippen molar-refractivity contribution < 1.29 is 28.2 Å². The van der Waals surface area contributed by atoms with E-state index in [1.807, 2.05) is 0 Å². The number of ether oxygens (including phenoxy) is 2. The molecule has 1 fully saturated rings. The first kappa shape index (κ1) is 25.1. The average Bonchev–Trinajstić information content (AvgIpc) is 3.14. The van der Waals surface area contributed by atoms with Crippen molar-refractivity contribution in [1.82, 2.24) is 9.55 Å². The standard InChI is InChI=1S/C25H22FN3O6S/c1-14-8-6-7-11-17(14)23(32)35-24-20(34-22(31)16-9-4-3-5-10-16)19(26)21(36-24)29-13-12-18(27-15(2)30)28-25(29)33/h3-13,19-21,24H,1-2H3,(H,27,28,30,33)/t19-,20-,21+,24+/m0/s1. The van der Waals surface area contributed by atoms with Crippen LogP contribution < -0.4 is 11.0 Å². The Labute approximate surface area is 209 Å². The van der Waals surface area contributed by atoms with Crippen molar-refractivity contribution in [1.29, 1.82) is 0 Å². The molecule has 1 saturated heterocycles. The zero-order valence-electron chi connectivity index (χ0n) is 19.3. The predicted octanol–water partition coefficient (Wildman–Crippen LogP) is 3.50. The molecule has 0 bridgehead atoms. The summed E-state index contributed by atoms with van der Waals surface area (Å²) in [7, 11) is 0. The van der Waals surface area contributed by atoms with Crippen LogP contribution in [-0.4, -0.2) is 45.1 Å². The van der Waals surface area contributed by atoms with E-state index in [-0.39, 0.29) is 16.9 Å². The minimum absolute atomic E-state index is 0.0109. The Morgan fingerprint density at radius 3 is 2.36 bits per heavy atom. The van der Waals surface area contributed by atoms with E-state index in [2.05, 4.69) is 10.3 Å². The van der Waals surface area contributed by atoms with E-state index in [1.54, 1.807) is 49.4 Å². The number of rotatable bonds is 6. The van der Waals surface area contributed by atoms with Gasteiger partial charge < -0.3 is 14.8 Å². The number of esters is 2. The predicted molar refractivity (Wildman–Crippen MR) is 130 cm³/mol. The highest BCUT2D eigenvalue weighted by Gasteiger charge is 2.51. The van der Waals surface area contributed by atoms with Crippen molar-refractivity contribution in [2.24, 2.45) is 0 Å². The van der Waals surface area contributed by atoms with Gasteiger partial charge in [-0.2, -0.15) is 4.98 Å². The average molecular weight is 512 g/mol. The number of anilines is 1. The highest BCUT2D eigenvalue weighted by atomic mass is 32.2. The third-order valence-corrected chi connectivity index (χ3v) is 6.78. The van der Waals surface area contributed by atoms with Gasteiger partial charge in [0.1, 0.15) is 11.2 Å².